The Bertz CT molecular complexity index is 1130. The molecule has 7 heteroatoms. The van der Waals surface area contributed by atoms with E-state index in [9.17, 15) is 9.59 Å². The van der Waals surface area contributed by atoms with Gasteiger partial charge in [-0.25, -0.2) is 0 Å². The number of para-hydroxylation sites is 1. The zero-order valence-electron chi connectivity index (χ0n) is 16.5. The summed E-state index contributed by atoms with van der Waals surface area (Å²) in [7, 11) is 0. The summed E-state index contributed by atoms with van der Waals surface area (Å²) >= 11 is 6.21. The van der Waals surface area contributed by atoms with Crippen LogP contribution in [-0.2, 0) is 11.3 Å². The van der Waals surface area contributed by atoms with E-state index in [-0.39, 0.29) is 16.6 Å². The third kappa shape index (κ3) is 3.82. The van der Waals surface area contributed by atoms with Crippen molar-refractivity contribution in [1.29, 1.82) is 0 Å². The average molecular weight is 414 g/mol. The number of pyridine rings is 1. The summed E-state index contributed by atoms with van der Waals surface area (Å²) in [4.78, 5) is 28.1. The molecule has 0 spiro atoms. The molecular weight excluding hydrogens is 390 g/mol. The second-order valence-corrected chi connectivity index (χ2v) is 8.01. The molecule has 29 heavy (non-hydrogen) atoms. The highest BCUT2D eigenvalue weighted by molar-refractivity contribution is 6.34. The second-order valence-electron chi connectivity index (χ2n) is 7.60. The Morgan fingerprint density at radius 1 is 1.28 bits per heavy atom. The summed E-state index contributed by atoms with van der Waals surface area (Å²) in [6.45, 7) is 6.10. The minimum absolute atomic E-state index is 0.0722. The fourth-order valence-electron chi connectivity index (χ4n) is 4.08. The van der Waals surface area contributed by atoms with E-state index in [2.05, 4.69) is 14.9 Å². The van der Waals surface area contributed by atoms with Gasteiger partial charge in [-0.15, -0.1) is 0 Å². The average Bonchev–Trinajstić information content (AvgIpc) is 2.97. The van der Waals surface area contributed by atoms with Gasteiger partial charge in [0, 0.05) is 42.0 Å². The molecule has 0 atom stereocenters. The van der Waals surface area contributed by atoms with Crippen molar-refractivity contribution in [3.63, 3.8) is 0 Å². The van der Waals surface area contributed by atoms with Gasteiger partial charge in [0.15, 0.2) is 0 Å². The van der Waals surface area contributed by atoms with E-state index in [1.165, 1.54) is 0 Å². The first kappa shape index (κ1) is 19.7. The van der Waals surface area contributed by atoms with Gasteiger partial charge in [0.25, 0.3) is 11.5 Å². The van der Waals surface area contributed by atoms with E-state index < -0.39 is 5.56 Å². The molecule has 152 valence electrons. The van der Waals surface area contributed by atoms with E-state index in [1.54, 1.807) is 13.0 Å². The Hall–Kier alpha value is -2.57. The van der Waals surface area contributed by atoms with Crippen LogP contribution in [0.1, 0.15) is 34.6 Å². The number of carbonyl (C=O) groups excluding carboxylic acids is 1. The number of benzene rings is 1. The van der Waals surface area contributed by atoms with Crippen LogP contribution in [0.25, 0.3) is 10.9 Å². The Labute approximate surface area is 173 Å². The van der Waals surface area contributed by atoms with Gasteiger partial charge >= 0.3 is 0 Å². The van der Waals surface area contributed by atoms with Crippen LogP contribution in [0.15, 0.2) is 35.1 Å². The molecule has 2 aromatic heterocycles. The van der Waals surface area contributed by atoms with Crippen molar-refractivity contribution in [3.05, 3.63) is 62.7 Å². The maximum atomic E-state index is 13.2. The highest BCUT2D eigenvalue weighted by Crippen LogP contribution is 2.30. The van der Waals surface area contributed by atoms with E-state index in [0.717, 1.165) is 49.2 Å². The van der Waals surface area contributed by atoms with Crippen molar-refractivity contribution in [2.45, 2.75) is 33.2 Å². The maximum absolute atomic E-state index is 13.2. The number of nitrogens with zero attached hydrogens (tertiary/aromatic N) is 1. The Balaban J connectivity index is 1.73. The lowest BCUT2D eigenvalue weighted by atomic mass is 10.0. The SMILES string of the molecule is Cc1cc(Cl)c(NC(=O)c2c(C)n(CC3CCOCC3)c3ccccc23)c(=O)[nH]1. The van der Waals surface area contributed by atoms with Gasteiger partial charge in [-0.1, -0.05) is 29.8 Å². The summed E-state index contributed by atoms with van der Waals surface area (Å²) < 4.78 is 7.69. The molecule has 0 unspecified atom stereocenters. The second kappa shape index (κ2) is 8.05. The number of anilines is 1. The largest absolute Gasteiger partial charge is 0.381 e. The number of fused-ring (bicyclic) bond motifs is 1. The van der Waals surface area contributed by atoms with Crippen molar-refractivity contribution in [3.8, 4) is 0 Å². The first-order chi connectivity index (χ1) is 14.0. The van der Waals surface area contributed by atoms with Gasteiger partial charge in [0.05, 0.1) is 10.6 Å². The molecular formula is C22H24ClN3O3. The molecule has 4 rings (SSSR count). The Kier molecular flexibility index (Phi) is 5.48. The van der Waals surface area contributed by atoms with Crippen LogP contribution in [0.4, 0.5) is 5.69 Å². The number of nitrogens with one attached hydrogen (secondary N) is 2. The van der Waals surface area contributed by atoms with Crippen LogP contribution < -0.4 is 10.9 Å². The zero-order chi connectivity index (χ0) is 20.5. The minimum atomic E-state index is -0.410. The molecule has 1 fully saturated rings. The van der Waals surface area contributed by atoms with Crippen LogP contribution in [-0.4, -0.2) is 28.7 Å². The van der Waals surface area contributed by atoms with E-state index in [0.29, 0.717) is 17.2 Å². The molecule has 1 amide bonds. The van der Waals surface area contributed by atoms with Gasteiger partial charge in [0.1, 0.15) is 5.69 Å². The van der Waals surface area contributed by atoms with Crippen LogP contribution in [0.2, 0.25) is 5.02 Å². The summed E-state index contributed by atoms with van der Waals surface area (Å²) in [6, 6.07) is 9.50. The molecule has 1 saturated heterocycles. The maximum Gasteiger partial charge on any atom is 0.273 e. The smallest absolute Gasteiger partial charge is 0.273 e. The van der Waals surface area contributed by atoms with E-state index in [1.807, 2.05) is 31.2 Å². The molecule has 0 saturated carbocycles. The Morgan fingerprint density at radius 3 is 2.72 bits per heavy atom. The lowest BCUT2D eigenvalue weighted by molar-refractivity contribution is 0.0614. The van der Waals surface area contributed by atoms with Crippen LogP contribution in [0, 0.1) is 19.8 Å². The van der Waals surface area contributed by atoms with Crippen LogP contribution >= 0.6 is 11.6 Å². The Morgan fingerprint density at radius 2 is 2.00 bits per heavy atom. The van der Waals surface area contributed by atoms with Gasteiger partial charge in [0.2, 0.25) is 0 Å². The van der Waals surface area contributed by atoms with E-state index in [4.69, 9.17) is 16.3 Å². The predicted molar refractivity (Wildman–Crippen MR) is 115 cm³/mol. The molecule has 3 aromatic rings. The molecule has 1 aliphatic rings. The third-order valence-corrected chi connectivity index (χ3v) is 5.90. The fraction of sp³-hybridized carbons (Fsp3) is 0.364. The molecule has 0 aliphatic carbocycles. The van der Waals surface area contributed by atoms with Crippen molar-refractivity contribution < 1.29 is 9.53 Å². The fourth-order valence-corrected chi connectivity index (χ4v) is 4.38. The summed E-state index contributed by atoms with van der Waals surface area (Å²) in [6.07, 6.45) is 2.03. The number of rotatable bonds is 4. The number of hydrogen-bond acceptors (Lipinski definition) is 3. The van der Waals surface area contributed by atoms with Crippen LogP contribution in [0.5, 0.6) is 0 Å². The molecule has 1 aromatic carbocycles. The first-order valence-electron chi connectivity index (χ1n) is 9.82. The number of halogens is 1. The predicted octanol–water partition coefficient (Wildman–Crippen LogP) is 4.28. The summed E-state index contributed by atoms with van der Waals surface area (Å²) in [5, 5.41) is 3.82. The number of aromatic amines is 1. The number of amides is 1. The molecule has 6 nitrogen and oxygen atoms in total. The topological polar surface area (TPSA) is 76.1 Å². The first-order valence-corrected chi connectivity index (χ1v) is 10.2. The van der Waals surface area contributed by atoms with Gasteiger partial charge in [-0.3, -0.25) is 9.59 Å². The van der Waals surface area contributed by atoms with Crippen molar-refractivity contribution >= 4 is 34.1 Å². The number of aryl methyl sites for hydroxylation is 1. The quantitative estimate of drug-likeness (QED) is 0.670. The summed E-state index contributed by atoms with van der Waals surface area (Å²) in [5.74, 6) is 0.184. The molecule has 0 bridgehead atoms. The molecule has 1 aliphatic heterocycles. The summed E-state index contributed by atoms with van der Waals surface area (Å²) in [5.41, 5.74) is 2.78. The normalized spacial score (nSPS) is 15.0. The number of aromatic nitrogens is 2. The highest BCUT2D eigenvalue weighted by atomic mass is 35.5. The lowest BCUT2D eigenvalue weighted by Gasteiger charge is -2.23. The molecule has 3 heterocycles. The number of ether oxygens (including phenoxy) is 1. The standard InChI is InChI=1S/C22H24ClN3O3/c1-13-11-17(23)20(22(28)24-13)25-21(27)19-14(2)26(12-15-7-9-29-10-8-15)18-6-4-3-5-16(18)19/h3-6,11,15H,7-10,12H2,1-2H3,(H,24,28)(H,25,27). The number of carbonyl (C=O) groups is 1. The minimum Gasteiger partial charge on any atom is -0.381 e. The van der Waals surface area contributed by atoms with Crippen molar-refractivity contribution in [2.75, 3.05) is 18.5 Å². The molecule has 0 radical (unpaired) electrons. The van der Waals surface area contributed by atoms with Crippen LogP contribution in [0.3, 0.4) is 0 Å². The van der Waals surface area contributed by atoms with Gasteiger partial charge in [-0.2, -0.15) is 0 Å². The zero-order valence-corrected chi connectivity index (χ0v) is 17.3. The van der Waals surface area contributed by atoms with Crippen molar-refractivity contribution in [1.82, 2.24) is 9.55 Å². The monoisotopic (exact) mass is 413 g/mol. The van der Waals surface area contributed by atoms with E-state index >= 15 is 0 Å². The van der Waals surface area contributed by atoms with Crippen molar-refractivity contribution in [2.24, 2.45) is 5.92 Å². The lowest BCUT2D eigenvalue weighted by Crippen LogP contribution is -2.22. The van der Waals surface area contributed by atoms with Gasteiger partial charge in [-0.05, 0) is 44.7 Å². The van der Waals surface area contributed by atoms with Gasteiger partial charge < -0.3 is 19.6 Å². The highest BCUT2D eigenvalue weighted by Gasteiger charge is 2.23. The number of hydrogen-bond donors (Lipinski definition) is 2. The molecule has 2 N–H and O–H groups in total. The number of H-pyrrole nitrogens is 1. The third-order valence-electron chi connectivity index (χ3n) is 5.60.